The number of hydrogen-bond acceptors (Lipinski definition) is 1. The van der Waals surface area contributed by atoms with Crippen molar-refractivity contribution in [2.75, 3.05) is 0 Å². The minimum atomic E-state index is 0.748. The number of nitriles is 1. The molecule has 0 saturated carbocycles. The second-order valence-electron chi connectivity index (χ2n) is 6.21. The average Bonchev–Trinajstić information content (AvgIpc) is 2.47. The molecule has 0 spiro atoms. The van der Waals surface area contributed by atoms with Gasteiger partial charge in [0.15, 0.2) is 0 Å². The summed E-state index contributed by atoms with van der Waals surface area (Å²) < 4.78 is 0. The molecule has 1 heteroatoms. The first-order chi connectivity index (χ1) is 9.91. The predicted molar refractivity (Wildman–Crippen MR) is 89.8 cm³/mol. The first kappa shape index (κ1) is 19.5. The van der Waals surface area contributed by atoms with E-state index in [0.717, 1.165) is 12.8 Å². The number of hydrogen-bond donors (Lipinski definition) is 0. The summed E-state index contributed by atoms with van der Waals surface area (Å²) in [6.07, 6.45) is 23.1. The Balaban J connectivity index is 2.91. The lowest BCUT2D eigenvalue weighted by Gasteiger charge is -2.03. The molecule has 118 valence electrons. The van der Waals surface area contributed by atoms with Gasteiger partial charge in [0.05, 0.1) is 6.07 Å². The SMILES string of the molecule is CCCCCCCCCCCCCCCCCCC#N. The molecule has 20 heavy (non-hydrogen) atoms. The summed E-state index contributed by atoms with van der Waals surface area (Å²) in [6.45, 7) is 2.28. The van der Waals surface area contributed by atoms with Crippen molar-refractivity contribution in [1.29, 1.82) is 5.26 Å². The maximum Gasteiger partial charge on any atom is 0.0621 e. The van der Waals surface area contributed by atoms with Gasteiger partial charge in [-0.05, 0) is 6.42 Å². The quantitative estimate of drug-likeness (QED) is 0.275. The zero-order chi connectivity index (χ0) is 14.7. The van der Waals surface area contributed by atoms with Crippen molar-refractivity contribution in [3.05, 3.63) is 0 Å². The molecule has 0 aromatic rings. The summed E-state index contributed by atoms with van der Waals surface area (Å²) >= 11 is 0. The fraction of sp³-hybridized carbons (Fsp3) is 0.947. The Morgan fingerprint density at radius 2 is 0.800 bits per heavy atom. The summed E-state index contributed by atoms with van der Waals surface area (Å²) in [5.74, 6) is 0. The third-order valence-corrected chi connectivity index (χ3v) is 4.14. The van der Waals surface area contributed by atoms with E-state index in [1.54, 1.807) is 0 Å². The summed E-state index contributed by atoms with van der Waals surface area (Å²) in [7, 11) is 0. The molecule has 0 saturated heterocycles. The van der Waals surface area contributed by atoms with Crippen LogP contribution in [0.15, 0.2) is 0 Å². The molecule has 0 unspecified atom stereocenters. The van der Waals surface area contributed by atoms with Crippen molar-refractivity contribution in [2.45, 2.75) is 116 Å². The van der Waals surface area contributed by atoms with Crippen molar-refractivity contribution in [3.8, 4) is 6.07 Å². The largest absolute Gasteiger partial charge is 0.198 e. The molecule has 0 bridgehead atoms. The number of nitrogens with zero attached hydrogens (tertiary/aromatic N) is 1. The second kappa shape index (κ2) is 18.5. The fourth-order valence-corrected chi connectivity index (χ4v) is 2.75. The molecule has 0 fully saturated rings. The molecule has 0 heterocycles. The molecule has 0 rings (SSSR count). The van der Waals surface area contributed by atoms with Gasteiger partial charge in [0.2, 0.25) is 0 Å². The van der Waals surface area contributed by atoms with Crippen LogP contribution in [0.3, 0.4) is 0 Å². The van der Waals surface area contributed by atoms with E-state index in [4.69, 9.17) is 5.26 Å². The first-order valence-corrected chi connectivity index (χ1v) is 9.28. The van der Waals surface area contributed by atoms with Crippen molar-refractivity contribution >= 4 is 0 Å². The average molecular weight is 280 g/mol. The molecule has 0 aliphatic carbocycles. The lowest BCUT2D eigenvalue weighted by molar-refractivity contribution is 0.530. The standard InChI is InChI=1S/C19H37N/c1-2-3-4-5-6-7-8-9-10-11-12-13-14-15-16-17-18-19-20/h2-18H2,1H3. The summed E-state index contributed by atoms with van der Waals surface area (Å²) in [5, 5.41) is 8.43. The molecular weight excluding hydrogens is 242 g/mol. The molecule has 0 radical (unpaired) electrons. The summed E-state index contributed by atoms with van der Waals surface area (Å²) in [6, 6.07) is 2.22. The van der Waals surface area contributed by atoms with Crippen LogP contribution in [0.2, 0.25) is 0 Å². The van der Waals surface area contributed by atoms with Crippen LogP contribution in [0, 0.1) is 11.3 Å². The van der Waals surface area contributed by atoms with Crippen LogP contribution in [0.1, 0.15) is 116 Å². The maximum absolute atomic E-state index is 8.43. The third-order valence-electron chi connectivity index (χ3n) is 4.14. The highest BCUT2D eigenvalue weighted by Crippen LogP contribution is 2.13. The zero-order valence-corrected chi connectivity index (χ0v) is 14.0. The van der Waals surface area contributed by atoms with E-state index < -0.39 is 0 Å². The Bertz CT molecular complexity index is 204. The highest BCUT2D eigenvalue weighted by Gasteiger charge is 1.94. The molecule has 0 aromatic heterocycles. The van der Waals surface area contributed by atoms with Crippen LogP contribution in [0.4, 0.5) is 0 Å². The highest BCUT2D eigenvalue weighted by molar-refractivity contribution is 4.67. The Morgan fingerprint density at radius 1 is 0.500 bits per heavy atom. The fourth-order valence-electron chi connectivity index (χ4n) is 2.75. The van der Waals surface area contributed by atoms with Crippen LogP contribution in [-0.4, -0.2) is 0 Å². The van der Waals surface area contributed by atoms with E-state index >= 15 is 0 Å². The zero-order valence-electron chi connectivity index (χ0n) is 14.0. The van der Waals surface area contributed by atoms with Crippen molar-refractivity contribution in [3.63, 3.8) is 0 Å². The molecule has 0 atom stereocenters. The first-order valence-electron chi connectivity index (χ1n) is 9.28. The van der Waals surface area contributed by atoms with E-state index in [-0.39, 0.29) is 0 Å². The summed E-state index contributed by atoms with van der Waals surface area (Å²) in [5.41, 5.74) is 0. The Hall–Kier alpha value is -0.510. The minimum Gasteiger partial charge on any atom is -0.198 e. The predicted octanol–water partition coefficient (Wildman–Crippen LogP) is 7.16. The number of unbranched alkanes of at least 4 members (excludes halogenated alkanes) is 16. The van der Waals surface area contributed by atoms with E-state index in [1.807, 2.05) is 0 Å². The van der Waals surface area contributed by atoms with Gasteiger partial charge in [-0.1, -0.05) is 103 Å². The van der Waals surface area contributed by atoms with Gasteiger partial charge in [-0.25, -0.2) is 0 Å². The summed E-state index contributed by atoms with van der Waals surface area (Å²) in [4.78, 5) is 0. The van der Waals surface area contributed by atoms with Gasteiger partial charge in [0.25, 0.3) is 0 Å². The van der Waals surface area contributed by atoms with Gasteiger partial charge in [0, 0.05) is 6.42 Å². The van der Waals surface area contributed by atoms with E-state index in [9.17, 15) is 0 Å². The van der Waals surface area contributed by atoms with Crippen LogP contribution < -0.4 is 0 Å². The smallest absolute Gasteiger partial charge is 0.0621 e. The van der Waals surface area contributed by atoms with E-state index in [0.29, 0.717) is 0 Å². The Morgan fingerprint density at radius 3 is 1.10 bits per heavy atom. The highest BCUT2D eigenvalue weighted by atomic mass is 14.2. The van der Waals surface area contributed by atoms with Crippen LogP contribution in [0.25, 0.3) is 0 Å². The van der Waals surface area contributed by atoms with Gasteiger partial charge < -0.3 is 0 Å². The minimum absolute atomic E-state index is 0.748. The van der Waals surface area contributed by atoms with Gasteiger partial charge in [0.1, 0.15) is 0 Å². The van der Waals surface area contributed by atoms with Gasteiger partial charge in [-0.15, -0.1) is 0 Å². The van der Waals surface area contributed by atoms with Gasteiger partial charge in [-0.3, -0.25) is 0 Å². The van der Waals surface area contributed by atoms with E-state index in [1.165, 1.54) is 96.3 Å². The molecule has 0 aliphatic heterocycles. The van der Waals surface area contributed by atoms with Crippen molar-refractivity contribution in [2.24, 2.45) is 0 Å². The lowest BCUT2D eigenvalue weighted by Crippen LogP contribution is -1.83. The molecule has 0 amide bonds. The third kappa shape index (κ3) is 17.5. The lowest BCUT2D eigenvalue weighted by atomic mass is 10.0. The monoisotopic (exact) mass is 279 g/mol. The maximum atomic E-state index is 8.43. The van der Waals surface area contributed by atoms with Crippen LogP contribution in [-0.2, 0) is 0 Å². The van der Waals surface area contributed by atoms with Crippen LogP contribution >= 0.6 is 0 Å². The van der Waals surface area contributed by atoms with Gasteiger partial charge >= 0.3 is 0 Å². The second-order valence-corrected chi connectivity index (χ2v) is 6.21. The van der Waals surface area contributed by atoms with E-state index in [2.05, 4.69) is 13.0 Å². The normalized spacial score (nSPS) is 10.6. The molecule has 0 aromatic carbocycles. The van der Waals surface area contributed by atoms with Crippen molar-refractivity contribution in [1.82, 2.24) is 0 Å². The molecule has 0 aliphatic rings. The molecule has 0 N–H and O–H groups in total. The number of rotatable bonds is 16. The molecule has 1 nitrogen and oxygen atoms in total. The Labute approximate surface area is 128 Å². The van der Waals surface area contributed by atoms with Gasteiger partial charge in [-0.2, -0.15) is 5.26 Å². The van der Waals surface area contributed by atoms with Crippen molar-refractivity contribution < 1.29 is 0 Å². The van der Waals surface area contributed by atoms with Crippen LogP contribution in [0.5, 0.6) is 0 Å². The topological polar surface area (TPSA) is 23.8 Å². The Kier molecular flexibility index (Phi) is 18.0. The molecular formula is C19H37N.